The van der Waals surface area contributed by atoms with E-state index in [1.807, 2.05) is 18.2 Å². The molecule has 0 saturated heterocycles. The Hall–Kier alpha value is -2.79. The Kier molecular flexibility index (Phi) is 3.50. The molecule has 3 heterocycles. The molecule has 0 radical (unpaired) electrons. The molecule has 1 aromatic carbocycles. The van der Waals surface area contributed by atoms with Crippen molar-refractivity contribution in [3.05, 3.63) is 60.2 Å². The lowest BCUT2D eigenvalue weighted by Gasteiger charge is -2.21. The van der Waals surface area contributed by atoms with Gasteiger partial charge in [0.15, 0.2) is 0 Å². The summed E-state index contributed by atoms with van der Waals surface area (Å²) in [5.74, 6) is -0.406. The highest BCUT2D eigenvalue weighted by atomic mass is 16.3. The quantitative estimate of drug-likeness (QED) is 0.806. The summed E-state index contributed by atoms with van der Waals surface area (Å²) in [5, 5.41) is 1.04. The fourth-order valence-electron chi connectivity index (χ4n) is 3.26. The third-order valence-corrected chi connectivity index (χ3v) is 4.63. The molecular formula is C19H19N3O2. The van der Waals surface area contributed by atoms with Gasteiger partial charge in [0.05, 0.1) is 17.5 Å². The molecule has 0 fully saturated rings. The van der Waals surface area contributed by atoms with Crippen LogP contribution in [0, 0.1) is 0 Å². The van der Waals surface area contributed by atoms with E-state index in [1.54, 1.807) is 18.6 Å². The van der Waals surface area contributed by atoms with Crippen molar-refractivity contribution in [2.24, 2.45) is 5.73 Å². The maximum atomic E-state index is 11.6. The van der Waals surface area contributed by atoms with Crippen LogP contribution in [0.3, 0.4) is 0 Å². The van der Waals surface area contributed by atoms with Crippen LogP contribution in [-0.2, 0) is 0 Å². The molecule has 2 aromatic heterocycles. The molecule has 0 aliphatic carbocycles. The van der Waals surface area contributed by atoms with E-state index in [9.17, 15) is 4.79 Å². The van der Waals surface area contributed by atoms with Crippen LogP contribution in [0.1, 0.15) is 22.3 Å². The molecule has 1 aliphatic heterocycles. The van der Waals surface area contributed by atoms with Crippen LogP contribution >= 0.6 is 0 Å². The van der Waals surface area contributed by atoms with Gasteiger partial charge in [0.1, 0.15) is 6.26 Å². The van der Waals surface area contributed by atoms with E-state index in [0.717, 1.165) is 41.7 Å². The number of benzene rings is 1. The number of nitrogens with zero attached hydrogens (tertiary/aromatic N) is 2. The van der Waals surface area contributed by atoms with Gasteiger partial charge in [-0.25, -0.2) is 0 Å². The predicted molar refractivity (Wildman–Crippen MR) is 94.1 cm³/mol. The zero-order valence-corrected chi connectivity index (χ0v) is 13.5. The van der Waals surface area contributed by atoms with E-state index in [2.05, 4.69) is 28.8 Å². The molecule has 0 saturated carbocycles. The van der Waals surface area contributed by atoms with Crippen LogP contribution in [0.25, 0.3) is 22.2 Å². The average molecular weight is 321 g/mol. The predicted octanol–water partition coefficient (Wildman–Crippen LogP) is 3.04. The Balaban J connectivity index is 1.94. The highest BCUT2D eigenvalue weighted by Crippen LogP contribution is 2.33. The Morgan fingerprint density at radius 3 is 2.83 bits per heavy atom. The summed E-state index contributed by atoms with van der Waals surface area (Å²) in [5.41, 5.74) is 10.5. The van der Waals surface area contributed by atoms with E-state index in [4.69, 9.17) is 10.2 Å². The SMILES string of the molecule is CN1CC=C(c2cn(-c3ccoc3)c3ccc(C(N)=O)cc23)CC1. The number of furan rings is 1. The first kappa shape index (κ1) is 14.8. The number of hydrogen-bond acceptors (Lipinski definition) is 3. The van der Waals surface area contributed by atoms with Crippen LogP contribution in [0.4, 0.5) is 0 Å². The van der Waals surface area contributed by atoms with Gasteiger partial charge >= 0.3 is 0 Å². The summed E-state index contributed by atoms with van der Waals surface area (Å²) in [6.07, 6.45) is 8.75. The second kappa shape index (κ2) is 5.69. The van der Waals surface area contributed by atoms with Crippen LogP contribution < -0.4 is 5.73 Å². The monoisotopic (exact) mass is 321 g/mol. The summed E-state index contributed by atoms with van der Waals surface area (Å²) < 4.78 is 7.33. The zero-order valence-electron chi connectivity index (χ0n) is 13.5. The van der Waals surface area contributed by atoms with Gasteiger partial charge in [-0.05, 0) is 37.2 Å². The molecule has 0 bridgehead atoms. The summed E-state index contributed by atoms with van der Waals surface area (Å²) in [7, 11) is 2.12. The average Bonchev–Trinajstić information content (AvgIpc) is 3.22. The van der Waals surface area contributed by atoms with Crippen LogP contribution in [-0.4, -0.2) is 35.5 Å². The van der Waals surface area contributed by atoms with Crippen molar-refractivity contribution in [2.45, 2.75) is 6.42 Å². The Bertz CT molecular complexity index is 935. The number of nitrogens with two attached hydrogens (primary N) is 1. The number of likely N-dealkylation sites (N-methyl/N-ethyl adjacent to an activating group) is 1. The summed E-state index contributed by atoms with van der Waals surface area (Å²) in [6, 6.07) is 7.53. The van der Waals surface area contributed by atoms with Crippen LogP contribution in [0.5, 0.6) is 0 Å². The molecule has 3 aromatic rings. The van der Waals surface area contributed by atoms with Crippen molar-refractivity contribution in [1.82, 2.24) is 9.47 Å². The van der Waals surface area contributed by atoms with Gasteiger partial charge < -0.3 is 19.6 Å². The highest BCUT2D eigenvalue weighted by molar-refractivity contribution is 6.01. The minimum absolute atomic E-state index is 0.406. The Morgan fingerprint density at radius 1 is 1.29 bits per heavy atom. The normalized spacial score (nSPS) is 15.6. The first-order valence-corrected chi connectivity index (χ1v) is 7.99. The molecule has 4 rings (SSSR count). The molecule has 0 atom stereocenters. The second-order valence-corrected chi connectivity index (χ2v) is 6.23. The van der Waals surface area contributed by atoms with Gasteiger partial charge in [0.25, 0.3) is 0 Å². The van der Waals surface area contributed by atoms with Gasteiger partial charge in [-0.3, -0.25) is 4.79 Å². The molecule has 1 amide bonds. The molecule has 0 spiro atoms. The highest BCUT2D eigenvalue weighted by Gasteiger charge is 2.17. The lowest BCUT2D eigenvalue weighted by molar-refractivity contribution is 0.100. The van der Waals surface area contributed by atoms with E-state index in [1.165, 1.54) is 5.57 Å². The fourth-order valence-corrected chi connectivity index (χ4v) is 3.26. The number of rotatable bonds is 3. The Morgan fingerprint density at radius 2 is 2.17 bits per heavy atom. The number of fused-ring (bicyclic) bond motifs is 1. The topological polar surface area (TPSA) is 64.4 Å². The van der Waals surface area contributed by atoms with E-state index in [-0.39, 0.29) is 0 Å². The van der Waals surface area contributed by atoms with Crippen molar-refractivity contribution < 1.29 is 9.21 Å². The van der Waals surface area contributed by atoms with Gasteiger partial charge in [0.2, 0.25) is 5.91 Å². The van der Waals surface area contributed by atoms with Crippen molar-refractivity contribution >= 4 is 22.4 Å². The fraction of sp³-hybridized carbons (Fsp3) is 0.211. The standard InChI is InChI=1S/C19H19N3O2/c1-21-7-4-13(5-8-21)17-11-22(15-6-9-24-12-15)18-3-2-14(19(20)23)10-16(17)18/h2-4,6,9-12H,5,7-8H2,1H3,(H2,20,23). The molecule has 24 heavy (non-hydrogen) atoms. The molecule has 2 N–H and O–H groups in total. The largest absolute Gasteiger partial charge is 0.470 e. The first-order chi connectivity index (χ1) is 11.6. The molecule has 0 unspecified atom stereocenters. The summed E-state index contributed by atoms with van der Waals surface area (Å²) in [6.45, 7) is 1.96. The number of carbonyl (C=O) groups excluding carboxylic acids is 1. The van der Waals surface area contributed by atoms with Gasteiger partial charge in [-0.15, -0.1) is 0 Å². The van der Waals surface area contributed by atoms with Crippen LogP contribution in [0.2, 0.25) is 0 Å². The van der Waals surface area contributed by atoms with E-state index >= 15 is 0 Å². The van der Waals surface area contributed by atoms with Crippen molar-refractivity contribution in [3.8, 4) is 5.69 Å². The maximum absolute atomic E-state index is 11.6. The van der Waals surface area contributed by atoms with E-state index in [0.29, 0.717) is 5.56 Å². The van der Waals surface area contributed by atoms with Crippen molar-refractivity contribution in [2.75, 3.05) is 20.1 Å². The number of amides is 1. The number of aromatic nitrogens is 1. The smallest absolute Gasteiger partial charge is 0.248 e. The summed E-state index contributed by atoms with van der Waals surface area (Å²) >= 11 is 0. The second-order valence-electron chi connectivity index (χ2n) is 6.23. The van der Waals surface area contributed by atoms with Crippen LogP contribution in [0.15, 0.2) is 53.5 Å². The lowest BCUT2D eigenvalue weighted by atomic mass is 9.98. The lowest BCUT2D eigenvalue weighted by Crippen LogP contribution is -2.23. The molecular weight excluding hydrogens is 302 g/mol. The maximum Gasteiger partial charge on any atom is 0.248 e. The van der Waals surface area contributed by atoms with Gasteiger partial charge in [-0.1, -0.05) is 6.08 Å². The first-order valence-electron chi connectivity index (χ1n) is 7.99. The third-order valence-electron chi connectivity index (χ3n) is 4.63. The van der Waals surface area contributed by atoms with Crippen molar-refractivity contribution in [3.63, 3.8) is 0 Å². The zero-order chi connectivity index (χ0) is 16.7. The minimum Gasteiger partial charge on any atom is -0.470 e. The number of carbonyl (C=O) groups is 1. The van der Waals surface area contributed by atoms with E-state index < -0.39 is 5.91 Å². The molecule has 122 valence electrons. The number of primary amides is 1. The van der Waals surface area contributed by atoms with Gasteiger partial charge in [-0.2, -0.15) is 0 Å². The Labute approximate surface area is 140 Å². The summed E-state index contributed by atoms with van der Waals surface area (Å²) in [4.78, 5) is 13.9. The molecule has 1 aliphatic rings. The molecule has 5 heteroatoms. The van der Waals surface area contributed by atoms with Gasteiger partial charge in [0, 0.05) is 41.9 Å². The molecule has 5 nitrogen and oxygen atoms in total. The van der Waals surface area contributed by atoms with Crippen molar-refractivity contribution in [1.29, 1.82) is 0 Å². The minimum atomic E-state index is -0.406. The number of hydrogen-bond donors (Lipinski definition) is 1. The third kappa shape index (κ3) is 2.43.